The Morgan fingerprint density at radius 3 is 2.36 bits per heavy atom. The van der Waals surface area contributed by atoms with Crippen molar-refractivity contribution in [3.05, 3.63) is 28.2 Å². The molecule has 0 unspecified atom stereocenters. The molecular formula is C10H13Cl2NO. The molecule has 0 saturated carbocycles. The summed E-state index contributed by atoms with van der Waals surface area (Å²) in [5.74, 6) is 0. The number of methoxy groups -OCH3 is 1. The minimum atomic E-state index is 0.231. The predicted molar refractivity (Wildman–Crippen MR) is 61.4 cm³/mol. The molecule has 0 radical (unpaired) electrons. The van der Waals surface area contributed by atoms with E-state index < -0.39 is 0 Å². The summed E-state index contributed by atoms with van der Waals surface area (Å²) in [4.78, 5) is 0. The van der Waals surface area contributed by atoms with Crippen molar-refractivity contribution in [2.24, 2.45) is 0 Å². The Balaban J connectivity index is 2.66. The zero-order valence-electron chi connectivity index (χ0n) is 8.18. The molecule has 0 aromatic heterocycles. The third-order valence-electron chi connectivity index (χ3n) is 1.69. The molecule has 4 heteroatoms. The zero-order valence-corrected chi connectivity index (χ0v) is 9.69. The van der Waals surface area contributed by atoms with Crippen molar-refractivity contribution < 1.29 is 4.74 Å². The van der Waals surface area contributed by atoms with Gasteiger partial charge >= 0.3 is 0 Å². The quantitative estimate of drug-likeness (QED) is 0.861. The summed E-state index contributed by atoms with van der Waals surface area (Å²) in [6, 6.07) is 5.60. The van der Waals surface area contributed by atoms with Crippen LogP contribution >= 0.6 is 23.2 Å². The Bertz CT molecular complexity index is 284. The van der Waals surface area contributed by atoms with E-state index >= 15 is 0 Å². The first-order chi connectivity index (χ1) is 6.61. The SMILES string of the molecule is COC[C@@H](C)Nc1cc(Cl)cc(Cl)c1. The van der Waals surface area contributed by atoms with Crippen LogP contribution in [0.3, 0.4) is 0 Å². The van der Waals surface area contributed by atoms with Gasteiger partial charge < -0.3 is 10.1 Å². The second kappa shape index (κ2) is 5.44. The fraction of sp³-hybridized carbons (Fsp3) is 0.400. The van der Waals surface area contributed by atoms with Crippen LogP contribution in [0.1, 0.15) is 6.92 Å². The maximum absolute atomic E-state index is 5.85. The summed E-state index contributed by atoms with van der Waals surface area (Å²) in [7, 11) is 1.67. The fourth-order valence-electron chi connectivity index (χ4n) is 1.21. The lowest BCUT2D eigenvalue weighted by Crippen LogP contribution is -2.20. The van der Waals surface area contributed by atoms with Gasteiger partial charge in [0.1, 0.15) is 0 Å². The van der Waals surface area contributed by atoms with Crippen LogP contribution in [-0.4, -0.2) is 19.8 Å². The largest absolute Gasteiger partial charge is 0.383 e. The third-order valence-corrected chi connectivity index (χ3v) is 2.13. The fourth-order valence-corrected chi connectivity index (χ4v) is 1.74. The molecule has 0 saturated heterocycles. The van der Waals surface area contributed by atoms with Crippen LogP contribution in [0, 0.1) is 0 Å². The van der Waals surface area contributed by atoms with Gasteiger partial charge in [-0.2, -0.15) is 0 Å². The molecule has 0 aliphatic carbocycles. The lowest BCUT2D eigenvalue weighted by Gasteiger charge is -2.14. The molecule has 2 nitrogen and oxygen atoms in total. The van der Waals surface area contributed by atoms with Crippen molar-refractivity contribution in [1.29, 1.82) is 0 Å². The van der Waals surface area contributed by atoms with Crippen molar-refractivity contribution in [3.8, 4) is 0 Å². The van der Waals surface area contributed by atoms with Crippen LogP contribution in [0.25, 0.3) is 0 Å². The standard InChI is InChI=1S/C10H13Cl2NO/c1-7(6-14-2)13-10-4-8(11)3-9(12)5-10/h3-5,7,13H,6H2,1-2H3/t7-/m1/s1. The lowest BCUT2D eigenvalue weighted by atomic mass is 10.3. The molecular weight excluding hydrogens is 221 g/mol. The van der Waals surface area contributed by atoms with E-state index in [1.165, 1.54) is 0 Å². The number of anilines is 1. The Morgan fingerprint density at radius 1 is 1.29 bits per heavy atom. The van der Waals surface area contributed by atoms with E-state index in [2.05, 4.69) is 5.32 Å². The highest BCUT2D eigenvalue weighted by molar-refractivity contribution is 6.35. The number of rotatable bonds is 4. The van der Waals surface area contributed by atoms with E-state index in [0.29, 0.717) is 16.7 Å². The first kappa shape index (κ1) is 11.6. The second-order valence-corrected chi connectivity index (χ2v) is 4.03. The van der Waals surface area contributed by atoms with Crippen molar-refractivity contribution in [1.82, 2.24) is 0 Å². The van der Waals surface area contributed by atoms with E-state index in [9.17, 15) is 0 Å². The van der Waals surface area contributed by atoms with E-state index in [0.717, 1.165) is 5.69 Å². The van der Waals surface area contributed by atoms with Gasteiger partial charge in [-0.05, 0) is 25.1 Å². The van der Waals surface area contributed by atoms with Crippen molar-refractivity contribution in [2.45, 2.75) is 13.0 Å². The molecule has 0 spiro atoms. The van der Waals surface area contributed by atoms with Gasteiger partial charge in [0, 0.05) is 28.9 Å². The molecule has 1 atom stereocenters. The lowest BCUT2D eigenvalue weighted by molar-refractivity contribution is 0.190. The van der Waals surface area contributed by atoms with E-state index in [1.807, 2.05) is 19.1 Å². The van der Waals surface area contributed by atoms with Crippen LogP contribution in [0.15, 0.2) is 18.2 Å². The van der Waals surface area contributed by atoms with Crippen LogP contribution in [0.5, 0.6) is 0 Å². The average Bonchev–Trinajstić information content (AvgIpc) is 2.01. The van der Waals surface area contributed by atoms with Crippen molar-refractivity contribution in [2.75, 3.05) is 19.0 Å². The summed E-state index contributed by atoms with van der Waals surface area (Å²) in [5, 5.41) is 4.49. The Hall–Kier alpha value is -0.440. The minimum absolute atomic E-state index is 0.231. The van der Waals surface area contributed by atoms with E-state index in [1.54, 1.807) is 13.2 Å². The van der Waals surface area contributed by atoms with Gasteiger partial charge in [0.25, 0.3) is 0 Å². The van der Waals surface area contributed by atoms with Crippen LogP contribution in [0.4, 0.5) is 5.69 Å². The van der Waals surface area contributed by atoms with Gasteiger partial charge in [-0.3, -0.25) is 0 Å². The molecule has 0 aliphatic heterocycles. The van der Waals surface area contributed by atoms with Crippen molar-refractivity contribution in [3.63, 3.8) is 0 Å². The maximum atomic E-state index is 5.85. The number of hydrogen-bond donors (Lipinski definition) is 1. The highest BCUT2D eigenvalue weighted by Gasteiger charge is 2.02. The normalized spacial score (nSPS) is 12.6. The highest BCUT2D eigenvalue weighted by atomic mass is 35.5. The molecule has 14 heavy (non-hydrogen) atoms. The summed E-state index contributed by atoms with van der Waals surface area (Å²) in [6.07, 6.45) is 0. The van der Waals surface area contributed by atoms with Crippen LogP contribution in [0.2, 0.25) is 10.0 Å². The zero-order chi connectivity index (χ0) is 10.6. The van der Waals surface area contributed by atoms with Gasteiger partial charge in [-0.25, -0.2) is 0 Å². The average molecular weight is 234 g/mol. The minimum Gasteiger partial charge on any atom is -0.383 e. The highest BCUT2D eigenvalue weighted by Crippen LogP contribution is 2.22. The molecule has 0 amide bonds. The third kappa shape index (κ3) is 3.74. The van der Waals surface area contributed by atoms with Gasteiger partial charge in [-0.15, -0.1) is 0 Å². The number of halogens is 2. The van der Waals surface area contributed by atoms with Gasteiger partial charge in [0.15, 0.2) is 0 Å². The predicted octanol–water partition coefficient (Wildman–Crippen LogP) is 3.44. The van der Waals surface area contributed by atoms with Crippen LogP contribution in [-0.2, 0) is 4.74 Å². The maximum Gasteiger partial charge on any atom is 0.0661 e. The molecule has 78 valence electrons. The van der Waals surface area contributed by atoms with Crippen LogP contribution < -0.4 is 5.32 Å². The smallest absolute Gasteiger partial charge is 0.0661 e. The number of benzene rings is 1. The number of hydrogen-bond acceptors (Lipinski definition) is 2. The summed E-state index contributed by atoms with van der Waals surface area (Å²) >= 11 is 11.7. The Labute approximate surface area is 94.2 Å². The Kier molecular flexibility index (Phi) is 4.52. The molecule has 1 aromatic rings. The molecule has 1 N–H and O–H groups in total. The summed E-state index contributed by atoms with van der Waals surface area (Å²) < 4.78 is 5.01. The molecule has 0 aliphatic rings. The van der Waals surface area contributed by atoms with Gasteiger partial charge in [0.05, 0.1) is 6.61 Å². The molecule has 0 heterocycles. The molecule has 0 fully saturated rings. The van der Waals surface area contributed by atoms with Crippen molar-refractivity contribution >= 4 is 28.9 Å². The topological polar surface area (TPSA) is 21.3 Å². The second-order valence-electron chi connectivity index (χ2n) is 3.16. The van der Waals surface area contributed by atoms with E-state index in [4.69, 9.17) is 27.9 Å². The first-order valence-electron chi connectivity index (χ1n) is 4.33. The van der Waals surface area contributed by atoms with E-state index in [-0.39, 0.29) is 6.04 Å². The molecule has 1 rings (SSSR count). The summed E-state index contributed by atoms with van der Waals surface area (Å²) in [6.45, 7) is 2.67. The molecule has 0 bridgehead atoms. The Morgan fingerprint density at radius 2 is 1.86 bits per heavy atom. The monoisotopic (exact) mass is 233 g/mol. The number of nitrogens with one attached hydrogen (secondary N) is 1. The first-order valence-corrected chi connectivity index (χ1v) is 5.09. The van der Waals surface area contributed by atoms with Gasteiger partial charge in [0.2, 0.25) is 0 Å². The molecule has 1 aromatic carbocycles. The number of ether oxygens (including phenoxy) is 1. The summed E-state index contributed by atoms with van der Waals surface area (Å²) in [5.41, 5.74) is 0.909. The van der Waals surface area contributed by atoms with Gasteiger partial charge in [-0.1, -0.05) is 23.2 Å².